The third-order valence-corrected chi connectivity index (χ3v) is 4.76. The standard InChI is InChI=1S/C15H29N5O3/c1-4-9(5-2)13(19-8(3)21)12-11(20-15(16)17)6-10(7-18-23)14(12)22/h7,9-14,22-23H,4-6H2,1-3H3,(H,19,21)(H4,16,17,20)/b18-7+/t10-,11-,12-,13?,14-/m1/s1. The molecule has 1 saturated carbocycles. The van der Waals surface area contributed by atoms with Gasteiger partial charge >= 0.3 is 0 Å². The lowest BCUT2D eigenvalue weighted by Gasteiger charge is -2.36. The molecular formula is C15H29N5O3. The maximum Gasteiger partial charge on any atom is 0.217 e. The molecule has 8 heteroatoms. The summed E-state index contributed by atoms with van der Waals surface area (Å²) in [6.07, 6.45) is 2.70. The van der Waals surface area contributed by atoms with Crippen molar-refractivity contribution in [3.8, 4) is 0 Å². The average Bonchev–Trinajstić information content (AvgIpc) is 2.74. The second-order valence-corrected chi connectivity index (χ2v) is 6.20. The van der Waals surface area contributed by atoms with Gasteiger partial charge in [0.1, 0.15) is 0 Å². The highest BCUT2D eigenvalue weighted by atomic mass is 16.4. The lowest BCUT2D eigenvalue weighted by atomic mass is 9.80. The lowest BCUT2D eigenvalue weighted by Crippen LogP contribution is -2.54. The van der Waals surface area contributed by atoms with Gasteiger partial charge in [-0.15, -0.1) is 5.16 Å². The summed E-state index contributed by atoms with van der Waals surface area (Å²) >= 11 is 0. The van der Waals surface area contributed by atoms with Gasteiger partial charge in [-0.1, -0.05) is 26.7 Å². The number of amides is 1. The summed E-state index contributed by atoms with van der Waals surface area (Å²) in [7, 11) is 0. The fraction of sp³-hybridized carbons (Fsp3) is 0.800. The Hall–Kier alpha value is -1.83. The minimum Gasteiger partial charge on any atom is -0.411 e. The molecule has 0 bridgehead atoms. The molecule has 1 amide bonds. The third kappa shape index (κ3) is 4.82. The second-order valence-electron chi connectivity index (χ2n) is 6.20. The Labute approximate surface area is 137 Å². The SMILES string of the molecule is CCC(CC)C(NC(C)=O)[C@@H]1[C@H](O)[C@@H](/C=N/O)C[C@H]1NC(=N)N. The highest BCUT2D eigenvalue weighted by Crippen LogP contribution is 2.37. The number of oxime groups is 1. The number of hydrogen-bond donors (Lipinski definition) is 6. The van der Waals surface area contributed by atoms with E-state index < -0.39 is 6.10 Å². The summed E-state index contributed by atoms with van der Waals surface area (Å²) in [5, 5.41) is 35.8. The molecule has 0 aliphatic heterocycles. The van der Waals surface area contributed by atoms with E-state index in [1.165, 1.54) is 13.1 Å². The molecule has 0 aromatic heterocycles. The summed E-state index contributed by atoms with van der Waals surface area (Å²) in [5.41, 5.74) is 5.46. The van der Waals surface area contributed by atoms with E-state index in [1.807, 2.05) is 13.8 Å². The van der Waals surface area contributed by atoms with Crippen molar-refractivity contribution in [2.24, 2.45) is 28.6 Å². The van der Waals surface area contributed by atoms with E-state index in [0.29, 0.717) is 6.42 Å². The molecule has 1 aliphatic carbocycles. The fourth-order valence-corrected chi connectivity index (χ4v) is 3.73. The van der Waals surface area contributed by atoms with Crippen LogP contribution in [-0.4, -0.2) is 46.6 Å². The summed E-state index contributed by atoms with van der Waals surface area (Å²) in [4.78, 5) is 11.6. The van der Waals surface area contributed by atoms with E-state index in [4.69, 9.17) is 16.4 Å². The molecule has 7 N–H and O–H groups in total. The molecule has 0 radical (unpaired) electrons. The highest BCUT2D eigenvalue weighted by molar-refractivity contribution is 5.75. The average molecular weight is 327 g/mol. The molecule has 5 atom stereocenters. The van der Waals surface area contributed by atoms with Crippen LogP contribution in [-0.2, 0) is 4.79 Å². The van der Waals surface area contributed by atoms with E-state index in [-0.39, 0.29) is 41.7 Å². The Morgan fingerprint density at radius 1 is 1.48 bits per heavy atom. The van der Waals surface area contributed by atoms with Crippen LogP contribution in [0, 0.1) is 23.2 Å². The summed E-state index contributed by atoms with van der Waals surface area (Å²) in [6.45, 7) is 5.55. The van der Waals surface area contributed by atoms with E-state index in [9.17, 15) is 9.90 Å². The molecule has 1 fully saturated rings. The number of nitrogens with two attached hydrogens (primary N) is 1. The Morgan fingerprint density at radius 2 is 2.09 bits per heavy atom. The van der Waals surface area contributed by atoms with Crippen molar-refractivity contribution < 1.29 is 15.1 Å². The summed E-state index contributed by atoms with van der Waals surface area (Å²) < 4.78 is 0. The van der Waals surface area contributed by atoms with E-state index in [2.05, 4.69) is 15.8 Å². The van der Waals surface area contributed by atoms with E-state index >= 15 is 0 Å². The van der Waals surface area contributed by atoms with Crippen LogP contribution in [0.15, 0.2) is 5.16 Å². The van der Waals surface area contributed by atoms with Gasteiger partial charge in [-0.25, -0.2) is 0 Å². The minimum atomic E-state index is -0.791. The number of nitrogens with one attached hydrogen (secondary N) is 3. The van der Waals surface area contributed by atoms with Gasteiger partial charge in [-0.2, -0.15) is 0 Å². The summed E-state index contributed by atoms with van der Waals surface area (Å²) in [5.74, 6) is -0.822. The molecule has 0 heterocycles. The number of guanidine groups is 1. The molecule has 0 saturated heterocycles. The van der Waals surface area contributed by atoms with E-state index in [0.717, 1.165) is 12.8 Å². The van der Waals surface area contributed by atoms with Crippen LogP contribution in [0.5, 0.6) is 0 Å². The quantitative estimate of drug-likeness (QED) is 0.172. The number of carbonyl (C=O) groups is 1. The predicted octanol–water partition coefficient (Wildman–Crippen LogP) is 0.236. The Bertz CT molecular complexity index is 439. The van der Waals surface area contributed by atoms with Crippen molar-refractivity contribution in [2.45, 2.75) is 58.2 Å². The number of aliphatic hydroxyl groups is 1. The molecule has 8 nitrogen and oxygen atoms in total. The molecule has 1 unspecified atom stereocenters. The van der Waals surface area contributed by atoms with Crippen LogP contribution in [0.25, 0.3) is 0 Å². The van der Waals surface area contributed by atoms with Crippen LogP contribution in [0.1, 0.15) is 40.0 Å². The largest absolute Gasteiger partial charge is 0.411 e. The topological polar surface area (TPSA) is 144 Å². The Balaban J connectivity index is 3.14. The molecular weight excluding hydrogens is 298 g/mol. The first-order chi connectivity index (χ1) is 10.8. The van der Waals surface area contributed by atoms with Crippen LogP contribution >= 0.6 is 0 Å². The first-order valence-electron chi connectivity index (χ1n) is 8.08. The highest BCUT2D eigenvalue weighted by Gasteiger charge is 2.47. The normalized spacial score (nSPS) is 28.9. The number of hydrogen-bond acceptors (Lipinski definition) is 5. The molecule has 132 valence electrons. The van der Waals surface area contributed by atoms with Crippen LogP contribution in [0.4, 0.5) is 0 Å². The van der Waals surface area contributed by atoms with Crippen LogP contribution in [0.2, 0.25) is 0 Å². The maximum atomic E-state index is 11.6. The van der Waals surface area contributed by atoms with E-state index in [1.54, 1.807) is 0 Å². The third-order valence-electron chi connectivity index (χ3n) is 4.76. The Kier molecular flexibility index (Phi) is 7.28. The molecule has 0 aromatic carbocycles. The van der Waals surface area contributed by atoms with Crippen molar-refractivity contribution in [1.82, 2.24) is 10.6 Å². The van der Waals surface area contributed by atoms with Gasteiger partial charge in [0.25, 0.3) is 0 Å². The second kappa shape index (κ2) is 8.71. The number of aliphatic hydroxyl groups excluding tert-OH is 1. The molecule has 0 spiro atoms. The van der Waals surface area contributed by atoms with Gasteiger partial charge in [0, 0.05) is 37.1 Å². The Morgan fingerprint density at radius 3 is 2.52 bits per heavy atom. The predicted molar refractivity (Wildman–Crippen MR) is 88.4 cm³/mol. The summed E-state index contributed by atoms with van der Waals surface area (Å²) in [6, 6.07) is -0.519. The van der Waals surface area contributed by atoms with Gasteiger partial charge < -0.3 is 26.7 Å². The van der Waals surface area contributed by atoms with Gasteiger partial charge in [-0.05, 0) is 12.3 Å². The van der Waals surface area contributed by atoms with Gasteiger partial charge in [-0.3, -0.25) is 10.2 Å². The van der Waals surface area contributed by atoms with Gasteiger partial charge in [0.05, 0.1) is 6.10 Å². The molecule has 1 rings (SSSR count). The van der Waals surface area contributed by atoms with Crippen LogP contribution < -0.4 is 16.4 Å². The van der Waals surface area contributed by atoms with Crippen molar-refractivity contribution in [3.05, 3.63) is 0 Å². The first-order valence-corrected chi connectivity index (χ1v) is 8.08. The molecule has 0 aromatic rings. The smallest absolute Gasteiger partial charge is 0.217 e. The van der Waals surface area contributed by atoms with Gasteiger partial charge in [0.2, 0.25) is 5.91 Å². The maximum absolute atomic E-state index is 11.6. The monoisotopic (exact) mass is 327 g/mol. The van der Waals surface area contributed by atoms with Crippen LogP contribution in [0.3, 0.4) is 0 Å². The number of rotatable bonds is 7. The first kappa shape index (κ1) is 19.2. The number of nitrogens with zero attached hydrogens (tertiary/aromatic N) is 1. The minimum absolute atomic E-state index is 0.157. The van der Waals surface area contributed by atoms with Gasteiger partial charge in [0.15, 0.2) is 5.96 Å². The zero-order valence-corrected chi connectivity index (χ0v) is 14.0. The van der Waals surface area contributed by atoms with Crippen molar-refractivity contribution in [2.75, 3.05) is 0 Å². The van der Waals surface area contributed by atoms with Crippen molar-refractivity contribution in [3.63, 3.8) is 0 Å². The number of carbonyl (C=O) groups excluding carboxylic acids is 1. The molecule has 23 heavy (non-hydrogen) atoms. The zero-order chi connectivity index (χ0) is 17.6. The van der Waals surface area contributed by atoms with Crippen molar-refractivity contribution >= 4 is 18.1 Å². The lowest BCUT2D eigenvalue weighted by molar-refractivity contribution is -0.120. The molecule has 1 aliphatic rings. The fourth-order valence-electron chi connectivity index (χ4n) is 3.73. The zero-order valence-electron chi connectivity index (χ0n) is 14.0. The van der Waals surface area contributed by atoms with Crippen molar-refractivity contribution in [1.29, 1.82) is 5.41 Å².